The summed E-state index contributed by atoms with van der Waals surface area (Å²) in [4.78, 5) is 0. The quantitative estimate of drug-likeness (QED) is 0.154. The van der Waals surface area contributed by atoms with Crippen molar-refractivity contribution < 1.29 is 0 Å². The van der Waals surface area contributed by atoms with Crippen molar-refractivity contribution in [2.24, 2.45) is 7.05 Å². The second-order valence-electron chi connectivity index (χ2n) is 13.4. The molecule has 3 aromatic heterocycles. The van der Waals surface area contributed by atoms with Crippen LogP contribution in [0.5, 0.6) is 0 Å². The molecular weight excluding hydrogens is 619 g/mol. The van der Waals surface area contributed by atoms with Gasteiger partial charge in [0.05, 0.1) is 17.1 Å². The Bertz CT molecular complexity index is 2530. The van der Waals surface area contributed by atoms with E-state index in [1.54, 1.807) is 0 Å². The average molecular weight is 660 g/mol. The van der Waals surface area contributed by atoms with Gasteiger partial charge in [0.1, 0.15) is 0 Å². The summed E-state index contributed by atoms with van der Waals surface area (Å²) in [5.41, 5.74) is 15.3. The maximum Gasteiger partial charge on any atom is 0.0533 e. The Balaban J connectivity index is 1.56. The average Bonchev–Trinajstić information content (AvgIpc) is 3.82. The van der Waals surface area contributed by atoms with Gasteiger partial charge in [-0.05, 0) is 65.4 Å². The molecule has 248 valence electrons. The van der Waals surface area contributed by atoms with Gasteiger partial charge in [0, 0.05) is 58.8 Å². The van der Waals surface area contributed by atoms with Crippen LogP contribution in [-0.2, 0) is 20.1 Å². The van der Waals surface area contributed by atoms with Crippen molar-refractivity contribution in [1.29, 1.82) is 0 Å². The van der Waals surface area contributed by atoms with Crippen LogP contribution in [0.25, 0.3) is 66.5 Å². The summed E-state index contributed by atoms with van der Waals surface area (Å²) >= 11 is 0. The van der Waals surface area contributed by atoms with Crippen LogP contribution in [0.2, 0.25) is 0 Å². The lowest BCUT2D eigenvalue weighted by atomic mass is 9.78. The molecule has 0 saturated heterocycles. The van der Waals surface area contributed by atoms with Gasteiger partial charge in [-0.25, -0.2) is 0 Å². The van der Waals surface area contributed by atoms with Gasteiger partial charge < -0.3 is 13.7 Å². The summed E-state index contributed by atoms with van der Waals surface area (Å²) < 4.78 is 7.51. The van der Waals surface area contributed by atoms with Gasteiger partial charge in [-0.3, -0.25) is 0 Å². The van der Waals surface area contributed by atoms with Gasteiger partial charge in [-0.15, -0.1) is 0 Å². The van der Waals surface area contributed by atoms with Crippen molar-refractivity contribution in [2.75, 3.05) is 0 Å². The van der Waals surface area contributed by atoms with Gasteiger partial charge in [-0.2, -0.15) is 0 Å². The van der Waals surface area contributed by atoms with E-state index in [0.29, 0.717) is 0 Å². The van der Waals surface area contributed by atoms with E-state index >= 15 is 0 Å². The monoisotopic (exact) mass is 659 g/mol. The van der Waals surface area contributed by atoms with Crippen molar-refractivity contribution in [3.8, 4) is 33.8 Å². The maximum absolute atomic E-state index is 2.54. The van der Waals surface area contributed by atoms with Crippen molar-refractivity contribution >= 4 is 32.7 Å². The Labute approximate surface area is 299 Å². The lowest BCUT2D eigenvalue weighted by Gasteiger charge is -2.25. The summed E-state index contributed by atoms with van der Waals surface area (Å²) in [6.45, 7) is 6.29. The third kappa shape index (κ3) is 4.80. The smallest absolute Gasteiger partial charge is 0.0533 e. The van der Waals surface area contributed by atoms with Crippen molar-refractivity contribution in [3.05, 3.63) is 180 Å². The third-order valence-corrected chi connectivity index (χ3v) is 10.8. The summed E-state index contributed by atoms with van der Waals surface area (Å²) in [5, 5.41) is 3.87. The van der Waals surface area contributed by atoms with Crippen LogP contribution in [0.1, 0.15) is 36.5 Å². The third-order valence-electron chi connectivity index (χ3n) is 10.8. The van der Waals surface area contributed by atoms with Crippen LogP contribution in [0.3, 0.4) is 0 Å². The van der Waals surface area contributed by atoms with Gasteiger partial charge in [0.25, 0.3) is 0 Å². The van der Waals surface area contributed by atoms with Crippen LogP contribution in [0.15, 0.2) is 164 Å². The number of rotatable bonds is 8. The first kappa shape index (κ1) is 31.0. The van der Waals surface area contributed by atoms with Crippen LogP contribution in [-0.4, -0.2) is 13.7 Å². The summed E-state index contributed by atoms with van der Waals surface area (Å²) in [5.74, 6) is -0.118. The molecule has 0 unspecified atom stereocenters. The van der Waals surface area contributed by atoms with Crippen molar-refractivity contribution in [3.63, 3.8) is 0 Å². The van der Waals surface area contributed by atoms with E-state index in [-0.39, 0.29) is 5.92 Å². The molecule has 0 fully saturated rings. The topological polar surface area (TPSA) is 14.8 Å². The van der Waals surface area contributed by atoms with Crippen LogP contribution in [0.4, 0.5) is 0 Å². The summed E-state index contributed by atoms with van der Waals surface area (Å²) in [7, 11) is 2.24. The first-order valence-corrected chi connectivity index (χ1v) is 18.2. The standard InChI is InChI=1S/C48H41N3/c1-4-50-40-31-19-16-28-37(40)43(47(50)34-23-11-7-12-24-34)45(42-36-27-15-18-30-39(36)49(3)46(42)33-21-9-6-10-22-33)44-38-29-17-20-32-41(38)51(5-2)48(44)35-25-13-8-14-26-35/h6-32,45H,4-5H2,1-3H3. The highest BCUT2D eigenvalue weighted by Crippen LogP contribution is 2.53. The summed E-state index contributed by atoms with van der Waals surface area (Å²) in [6, 6.07) is 60.2. The molecule has 3 heteroatoms. The Morgan fingerprint density at radius 1 is 0.373 bits per heavy atom. The lowest BCUT2D eigenvalue weighted by molar-refractivity contribution is 0.792. The SMILES string of the molecule is CCn1c(-c2ccccc2)c(C(c2c(-c3ccccc3)n(C)c3ccccc23)c2c(-c3ccccc3)n(CC)c3ccccc23)c2ccccc21. The van der Waals surface area contributed by atoms with Gasteiger partial charge in [0.15, 0.2) is 0 Å². The number of hydrogen-bond donors (Lipinski definition) is 0. The number of nitrogens with zero attached hydrogens (tertiary/aromatic N) is 3. The second kappa shape index (κ2) is 12.7. The Hall–Kier alpha value is -6.06. The molecule has 0 spiro atoms. The van der Waals surface area contributed by atoms with E-state index in [1.165, 1.54) is 83.2 Å². The predicted molar refractivity (Wildman–Crippen MR) is 215 cm³/mol. The first-order valence-electron chi connectivity index (χ1n) is 18.2. The molecule has 0 aliphatic carbocycles. The first-order chi connectivity index (χ1) is 25.2. The molecule has 6 aromatic carbocycles. The number of aromatic nitrogens is 3. The molecule has 0 aliphatic rings. The number of benzene rings is 6. The number of para-hydroxylation sites is 3. The predicted octanol–water partition coefficient (Wildman–Crippen LogP) is 12.3. The molecule has 0 bridgehead atoms. The van der Waals surface area contributed by atoms with E-state index in [9.17, 15) is 0 Å². The summed E-state index contributed by atoms with van der Waals surface area (Å²) in [6.07, 6.45) is 0. The fraction of sp³-hybridized carbons (Fsp3) is 0.125. The minimum absolute atomic E-state index is 0.118. The minimum atomic E-state index is -0.118. The van der Waals surface area contributed by atoms with Gasteiger partial charge in [0.2, 0.25) is 0 Å². The molecule has 3 heterocycles. The van der Waals surface area contributed by atoms with Gasteiger partial charge >= 0.3 is 0 Å². The van der Waals surface area contributed by atoms with E-state index in [1.807, 2.05) is 0 Å². The zero-order valence-electron chi connectivity index (χ0n) is 29.4. The molecule has 9 aromatic rings. The number of aryl methyl sites for hydroxylation is 3. The maximum atomic E-state index is 2.54. The molecule has 3 nitrogen and oxygen atoms in total. The Kier molecular flexibility index (Phi) is 7.70. The van der Waals surface area contributed by atoms with E-state index in [4.69, 9.17) is 0 Å². The van der Waals surface area contributed by atoms with E-state index < -0.39 is 0 Å². The molecule has 0 aliphatic heterocycles. The highest BCUT2D eigenvalue weighted by molar-refractivity contribution is 6.02. The van der Waals surface area contributed by atoms with Crippen molar-refractivity contribution in [2.45, 2.75) is 32.9 Å². The Morgan fingerprint density at radius 2 is 0.686 bits per heavy atom. The normalized spacial score (nSPS) is 11.8. The fourth-order valence-electron chi connectivity index (χ4n) is 8.81. The molecule has 0 N–H and O–H groups in total. The van der Waals surface area contributed by atoms with Crippen LogP contribution in [0, 0.1) is 0 Å². The Morgan fingerprint density at radius 3 is 1.10 bits per heavy atom. The number of fused-ring (bicyclic) bond motifs is 3. The zero-order valence-corrected chi connectivity index (χ0v) is 29.4. The number of hydrogen-bond acceptors (Lipinski definition) is 0. The van der Waals surface area contributed by atoms with E-state index in [0.717, 1.165) is 13.1 Å². The zero-order chi connectivity index (χ0) is 34.5. The highest BCUT2D eigenvalue weighted by Gasteiger charge is 2.36. The molecule has 0 amide bonds. The van der Waals surface area contributed by atoms with Crippen LogP contribution >= 0.6 is 0 Å². The molecular formula is C48H41N3. The minimum Gasteiger partial charge on any atom is -0.343 e. The molecule has 0 radical (unpaired) electrons. The highest BCUT2D eigenvalue weighted by atomic mass is 15.0. The van der Waals surface area contributed by atoms with E-state index in [2.05, 4.69) is 198 Å². The fourth-order valence-corrected chi connectivity index (χ4v) is 8.81. The van der Waals surface area contributed by atoms with Gasteiger partial charge in [-0.1, -0.05) is 146 Å². The molecule has 51 heavy (non-hydrogen) atoms. The van der Waals surface area contributed by atoms with Crippen molar-refractivity contribution in [1.82, 2.24) is 13.7 Å². The van der Waals surface area contributed by atoms with Crippen LogP contribution < -0.4 is 0 Å². The lowest BCUT2D eigenvalue weighted by Crippen LogP contribution is -2.10. The molecule has 9 rings (SSSR count). The largest absolute Gasteiger partial charge is 0.343 e. The second-order valence-corrected chi connectivity index (χ2v) is 13.4. The molecule has 0 atom stereocenters. The molecule has 0 saturated carbocycles.